The summed E-state index contributed by atoms with van der Waals surface area (Å²) in [7, 11) is -3.85. The first-order chi connectivity index (χ1) is 12.3. The highest BCUT2D eigenvalue weighted by Gasteiger charge is 2.26. The molecular formula is C16H20N4O5S. The molecule has 0 fully saturated rings. The highest BCUT2D eigenvalue weighted by Crippen LogP contribution is 2.32. The van der Waals surface area contributed by atoms with Crippen molar-refractivity contribution in [2.45, 2.75) is 38.3 Å². The van der Waals surface area contributed by atoms with Crippen LogP contribution in [0.1, 0.15) is 23.9 Å². The number of rotatable bonds is 6. The van der Waals surface area contributed by atoms with Crippen LogP contribution >= 0.6 is 0 Å². The molecule has 0 unspecified atom stereocenters. The van der Waals surface area contributed by atoms with Gasteiger partial charge in [-0.25, -0.2) is 8.42 Å². The lowest BCUT2D eigenvalue weighted by Gasteiger charge is -2.15. The van der Waals surface area contributed by atoms with E-state index in [0.717, 1.165) is 5.56 Å². The van der Waals surface area contributed by atoms with Crippen molar-refractivity contribution in [3.63, 3.8) is 0 Å². The Hall–Kier alpha value is -2.59. The van der Waals surface area contributed by atoms with Gasteiger partial charge in [0, 0.05) is 6.54 Å². The summed E-state index contributed by atoms with van der Waals surface area (Å²) in [5.41, 5.74) is 1.59. The summed E-state index contributed by atoms with van der Waals surface area (Å²) in [5.74, 6) is 0.841. The Balaban J connectivity index is 1.61. The number of nitrogens with zero attached hydrogens (tertiary/aromatic N) is 1. The third-order valence-corrected chi connectivity index (χ3v) is 5.76. The highest BCUT2D eigenvalue weighted by atomic mass is 32.2. The lowest BCUT2D eigenvalue weighted by atomic mass is 10.2. The van der Waals surface area contributed by atoms with Crippen molar-refractivity contribution in [2.75, 3.05) is 6.79 Å². The van der Waals surface area contributed by atoms with Gasteiger partial charge in [0.15, 0.2) is 11.5 Å². The Labute approximate surface area is 151 Å². The molecule has 0 spiro atoms. The van der Waals surface area contributed by atoms with Gasteiger partial charge in [-0.3, -0.25) is 9.89 Å². The first kappa shape index (κ1) is 18.2. The van der Waals surface area contributed by atoms with Crippen molar-refractivity contribution in [3.05, 3.63) is 35.2 Å². The highest BCUT2D eigenvalue weighted by molar-refractivity contribution is 7.89. The van der Waals surface area contributed by atoms with E-state index in [-0.39, 0.29) is 18.2 Å². The lowest BCUT2D eigenvalue weighted by Crippen LogP contribution is -2.44. The van der Waals surface area contributed by atoms with E-state index in [1.807, 2.05) is 0 Å². The molecule has 140 valence electrons. The average Bonchev–Trinajstić information content (AvgIpc) is 3.17. The first-order valence-corrected chi connectivity index (χ1v) is 9.46. The van der Waals surface area contributed by atoms with Crippen LogP contribution in [0.25, 0.3) is 0 Å². The molecule has 9 nitrogen and oxygen atoms in total. The number of carbonyl (C=O) groups is 1. The second kappa shape index (κ2) is 6.96. The standard InChI is InChI=1S/C16H20N4O5S/c1-9-15(10(2)19-18-9)26(22,23)20-11(3)16(21)17-7-12-4-5-13-14(6-12)25-8-24-13/h4-6,11,20H,7-8H2,1-3H3,(H,17,21)(H,18,19)/t11-/m0/s1. The molecule has 1 aromatic carbocycles. The molecule has 26 heavy (non-hydrogen) atoms. The van der Waals surface area contributed by atoms with Crippen molar-refractivity contribution in [2.24, 2.45) is 0 Å². The van der Waals surface area contributed by atoms with Gasteiger partial charge in [-0.15, -0.1) is 0 Å². The van der Waals surface area contributed by atoms with Crippen LogP contribution in [0.3, 0.4) is 0 Å². The smallest absolute Gasteiger partial charge is 0.244 e. The second-order valence-corrected chi connectivity index (χ2v) is 7.66. The number of hydrogen-bond acceptors (Lipinski definition) is 6. The van der Waals surface area contributed by atoms with Crippen LogP contribution in [0, 0.1) is 13.8 Å². The maximum absolute atomic E-state index is 12.5. The van der Waals surface area contributed by atoms with E-state index in [1.54, 1.807) is 32.0 Å². The van der Waals surface area contributed by atoms with Gasteiger partial charge in [0.25, 0.3) is 0 Å². The van der Waals surface area contributed by atoms with Crippen molar-refractivity contribution in [3.8, 4) is 11.5 Å². The van der Waals surface area contributed by atoms with Gasteiger partial charge in [-0.1, -0.05) is 6.07 Å². The predicted octanol–water partition coefficient (Wildman–Crippen LogP) is 0.738. The van der Waals surface area contributed by atoms with E-state index < -0.39 is 22.0 Å². The van der Waals surface area contributed by atoms with E-state index in [2.05, 4.69) is 20.2 Å². The first-order valence-electron chi connectivity index (χ1n) is 7.98. The number of aryl methyl sites for hydroxylation is 2. The Bertz CT molecular complexity index is 919. The summed E-state index contributed by atoms with van der Waals surface area (Å²) in [4.78, 5) is 12.3. The van der Waals surface area contributed by atoms with Crippen molar-refractivity contribution in [1.82, 2.24) is 20.2 Å². The van der Waals surface area contributed by atoms with Crippen molar-refractivity contribution >= 4 is 15.9 Å². The van der Waals surface area contributed by atoms with Crippen LogP contribution < -0.4 is 19.5 Å². The molecule has 0 bridgehead atoms. The summed E-state index contributed by atoms with van der Waals surface area (Å²) < 4.78 is 37.8. The Morgan fingerprint density at radius 1 is 1.31 bits per heavy atom. The largest absolute Gasteiger partial charge is 0.454 e. The minimum Gasteiger partial charge on any atom is -0.454 e. The van der Waals surface area contributed by atoms with Gasteiger partial charge in [-0.05, 0) is 38.5 Å². The molecule has 3 rings (SSSR count). The maximum Gasteiger partial charge on any atom is 0.244 e. The summed E-state index contributed by atoms with van der Waals surface area (Å²) in [6.07, 6.45) is 0. The van der Waals surface area contributed by atoms with Crippen molar-refractivity contribution < 1.29 is 22.7 Å². The molecule has 1 aromatic heterocycles. The molecule has 1 aliphatic heterocycles. The number of amides is 1. The zero-order valence-electron chi connectivity index (χ0n) is 14.6. The van der Waals surface area contributed by atoms with Gasteiger partial charge in [0.2, 0.25) is 22.7 Å². The van der Waals surface area contributed by atoms with Crippen LogP contribution in [-0.2, 0) is 21.4 Å². The van der Waals surface area contributed by atoms with Crippen LogP contribution in [0.2, 0.25) is 0 Å². The normalized spacial score (nSPS) is 14.3. The number of hydrogen-bond donors (Lipinski definition) is 3. The average molecular weight is 380 g/mol. The van der Waals surface area contributed by atoms with E-state index in [0.29, 0.717) is 22.9 Å². The van der Waals surface area contributed by atoms with E-state index in [9.17, 15) is 13.2 Å². The molecule has 1 amide bonds. The lowest BCUT2D eigenvalue weighted by molar-refractivity contribution is -0.122. The summed E-state index contributed by atoms with van der Waals surface area (Å²) in [6.45, 7) is 5.10. The fraction of sp³-hybridized carbons (Fsp3) is 0.375. The zero-order valence-corrected chi connectivity index (χ0v) is 15.4. The predicted molar refractivity (Wildman–Crippen MR) is 92.3 cm³/mol. The summed E-state index contributed by atoms with van der Waals surface area (Å²) in [6, 6.07) is 4.40. The van der Waals surface area contributed by atoms with E-state index in [4.69, 9.17) is 9.47 Å². The molecule has 0 saturated carbocycles. The molecule has 0 radical (unpaired) electrons. The Morgan fingerprint density at radius 3 is 2.73 bits per heavy atom. The number of H-pyrrole nitrogens is 1. The number of fused-ring (bicyclic) bond motifs is 1. The zero-order chi connectivity index (χ0) is 18.9. The quantitative estimate of drug-likeness (QED) is 0.679. The molecule has 1 atom stereocenters. The van der Waals surface area contributed by atoms with Crippen LogP contribution in [0.4, 0.5) is 0 Å². The van der Waals surface area contributed by atoms with Crippen molar-refractivity contribution in [1.29, 1.82) is 0 Å². The molecule has 0 saturated heterocycles. The van der Waals surface area contributed by atoms with E-state index >= 15 is 0 Å². The fourth-order valence-corrected chi connectivity index (χ4v) is 4.25. The fourth-order valence-electron chi connectivity index (χ4n) is 2.67. The second-order valence-electron chi connectivity index (χ2n) is 6.01. The molecule has 1 aliphatic rings. The molecule has 2 heterocycles. The minimum absolute atomic E-state index is 0.0629. The third-order valence-electron chi connectivity index (χ3n) is 3.96. The molecular weight excluding hydrogens is 360 g/mol. The van der Waals surface area contributed by atoms with Gasteiger partial charge in [0.05, 0.1) is 17.4 Å². The number of nitrogens with one attached hydrogen (secondary N) is 3. The number of ether oxygens (including phenoxy) is 2. The molecule has 3 N–H and O–H groups in total. The molecule has 2 aromatic rings. The molecule has 10 heteroatoms. The topological polar surface area (TPSA) is 122 Å². The monoisotopic (exact) mass is 380 g/mol. The van der Waals surface area contributed by atoms with Crippen LogP contribution in [-0.4, -0.2) is 37.4 Å². The van der Waals surface area contributed by atoms with Gasteiger partial charge in [0.1, 0.15) is 4.90 Å². The van der Waals surface area contributed by atoms with Gasteiger partial charge in [-0.2, -0.15) is 9.82 Å². The number of sulfonamides is 1. The molecule has 0 aliphatic carbocycles. The van der Waals surface area contributed by atoms with Crippen LogP contribution in [0.5, 0.6) is 11.5 Å². The van der Waals surface area contributed by atoms with Crippen LogP contribution in [0.15, 0.2) is 23.1 Å². The maximum atomic E-state index is 12.5. The Morgan fingerprint density at radius 2 is 2.04 bits per heavy atom. The number of benzene rings is 1. The van der Waals surface area contributed by atoms with E-state index in [1.165, 1.54) is 6.92 Å². The summed E-state index contributed by atoms with van der Waals surface area (Å²) in [5, 5.41) is 9.19. The third kappa shape index (κ3) is 3.65. The number of carbonyl (C=O) groups excluding carboxylic acids is 1. The van der Waals surface area contributed by atoms with Gasteiger partial charge >= 0.3 is 0 Å². The van der Waals surface area contributed by atoms with Gasteiger partial charge < -0.3 is 14.8 Å². The number of aromatic amines is 1. The number of aromatic nitrogens is 2. The summed E-state index contributed by atoms with van der Waals surface area (Å²) >= 11 is 0. The minimum atomic E-state index is -3.85. The Kier molecular flexibility index (Phi) is 4.88. The SMILES string of the molecule is Cc1n[nH]c(C)c1S(=O)(=O)N[C@@H](C)C(=O)NCc1ccc2c(c1)OCO2.